The third-order valence-corrected chi connectivity index (χ3v) is 3.37. The summed E-state index contributed by atoms with van der Waals surface area (Å²) in [4.78, 5) is 11.9. The number of hydrogen-bond donors (Lipinski definition) is 3. The number of carbonyl (C=O) groups is 1. The molecule has 2 aromatic rings. The summed E-state index contributed by atoms with van der Waals surface area (Å²) in [5.41, 5.74) is 1.95. The molecule has 0 bridgehead atoms. The fourth-order valence-corrected chi connectivity index (χ4v) is 2.09. The maximum absolute atomic E-state index is 11.9. The van der Waals surface area contributed by atoms with E-state index in [-0.39, 0.29) is 12.5 Å². The minimum atomic E-state index is -0.136. The molecule has 1 heterocycles. The van der Waals surface area contributed by atoms with Crippen molar-refractivity contribution in [3.05, 3.63) is 54.0 Å². The van der Waals surface area contributed by atoms with Crippen molar-refractivity contribution < 1.29 is 9.21 Å². The molecule has 1 aromatic heterocycles. The van der Waals surface area contributed by atoms with Crippen LogP contribution in [0.1, 0.15) is 18.2 Å². The third-order valence-electron chi connectivity index (χ3n) is 3.09. The van der Waals surface area contributed by atoms with Crippen LogP contribution >= 0.6 is 12.2 Å². The molecule has 116 valence electrons. The van der Waals surface area contributed by atoms with E-state index in [0.29, 0.717) is 11.7 Å². The molecule has 0 aliphatic rings. The Bertz CT molecular complexity index is 626. The highest BCUT2D eigenvalue weighted by Gasteiger charge is 2.06. The van der Waals surface area contributed by atoms with Crippen LogP contribution in [0.25, 0.3) is 0 Å². The second kappa shape index (κ2) is 8.19. The lowest BCUT2D eigenvalue weighted by molar-refractivity contribution is -0.115. The number of anilines is 1. The van der Waals surface area contributed by atoms with Crippen molar-refractivity contribution in [3.63, 3.8) is 0 Å². The smallest absolute Gasteiger partial charge is 0.243 e. The molecule has 0 atom stereocenters. The number of thiocarbonyl (C=S) groups is 1. The fraction of sp³-hybridized carbons (Fsp3) is 0.250. The van der Waals surface area contributed by atoms with Crippen molar-refractivity contribution in [2.45, 2.75) is 19.9 Å². The van der Waals surface area contributed by atoms with Gasteiger partial charge in [-0.2, -0.15) is 0 Å². The van der Waals surface area contributed by atoms with Crippen molar-refractivity contribution in [3.8, 4) is 0 Å². The molecule has 1 aromatic carbocycles. The lowest BCUT2D eigenvalue weighted by Gasteiger charge is -2.12. The number of furan rings is 1. The van der Waals surface area contributed by atoms with Crippen LogP contribution in [-0.4, -0.2) is 17.6 Å². The molecule has 0 fully saturated rings. The van der Waals surface area contributed by atoms with Crippen LogP contribution in [-0.2, 0) is 17.8 Å². The summed E-state index contributed by atoms with van der Waals surface area (Å²) in [5, 5.41) is 9.13. The minimum absolute atomic E-state index is 0.113. The fourth-order valence-electron chi connectivity index (χ4n) is 1.95. The van der Waals surface area contributed by atoms with Gasteiger partial charge in [0.05, 0.1) is 19.4 Å². The third kappa shape index (κ3) is 4.89. The van der Waals surface area contributed by atoms with E-state index in [2.05, 4.69) is 22.9 Å². The molecule has 0 aliphatic carbocycles. The lowest BCUT2D eigenvalue weighted by Crippen LogP contribution is -2.39. The van der Waals surface area contributed by atoms with Crippen LogP contribution in [0.5, 0.6) is 0 Å². The number of para-hydroxylation sites is 1. The first-order chi connectivity index (χ1) is 10.7. The average Bonchev–Trinajstić information content (AvgIpc) is 3.05. The number of aryl methyl sites for hydroxylation is 1. The summed E-state index contributed by atoms with van der Waals surface area (Å²) < 4.78 is 5.18. The van der Waals surface area contributed by atoms with Gasteiger partial charge in [0.15, 0.2) is 5.11 Å². The van der Waals surface area contributed by atoms with E-state index in [9.17, 15) is 4.79 Å². The van der Waals surface area contributed by atoms with Crippen LogP contribution in [0.2, 0.25) is 0 Å². The molecule has 0 spiro atoms. The van der Waals surface area contributed by atoms with E-state index in [4.69, 9.17) is 16.6 Å². The standard InChI is InChI=1S/C16H19N3O2S/c1-2-12-6-3-4-8-14(12)19-15(20)11-18-16(22)17-10-13-7-5-9-21-13/h3-9H,2,10-11H2,1H3,(H,19,20)(H2,17,18,22). The van der Waals surface area contributed by atoms with Crippen LogP contribution in [0.15, 0.2) is 47.1 Å². The number of amides is 1. The van der Waals surface area contributed by atoms with Crippen LogP contribution in [0, 0.1) is 0 Å². The molecule has 0 unspecified atom stereocenters. The van der Waals surface area contributed by atoms with E-state index < -0.39 is 0 Å². The zero-order chi connectivity index (χ0) is 15.8. The van der Waals surface area contributed by atoms with Crippen molar-refractivity contribution in [2.75, 3.05) is 11.9 Å². The van der Waals surface area contributed by atoms with Gasteiger partial charge in [-0.25, -0.2) is 0 Å². The first-order valence-electron chi connectivity index (χ1n) is 7.11. The molecular formula is C16H19N3O2S. The summed E-state index contributed by atoms with van der Waals surface area (Å²) in [7, 11) is 0. The summed E-state index contributed by atoms with van der Waals surface area (Å²) >= 11 is 5.11. The van der Waals surface area contributed by atoms with Gasteiger partial charge in [-0.1, -0.05) is 25.1 Å². The maximum Gasteiger partial charge on any atom is 0.243 e. The molecule has 0 radical (unpaired) electrons. The summed E-state index contributed by atoms with van der Waals surface area (Å²) in [6.07, 6.45) is 2.47. The summed E-state index contributed by atoms with van der Waals surface area (Å²) in [6, 6.07) is 11.4. The predicted octanol–water partition coefficient (Wildman–Crippen LogP) is 2.44. The predicted molar refractivity (Wildman–Crippen MR) is 90.6 cm³/mol. The molecule has 1 amide bonds. The number of nitrogens with one attached hydrogen (secondary N) is 3. The van der Waals surface area contributed by atoms with Crippen molar-refractivity contribution in [1.82, 2.24) is 10.6 Å². The maximum atomic E-state index is 11.9. The van der Waals surface area contributed by atoms with Gasteiger partial charge in [-0.15, -0.1) is 0 Å². The highest BCUT2D eigenvalue weighted by molar-refractivity contribution is 7.80. The molecule has 5 nitrogen and oxygen atoms in total. The van der Waals surface area contributed by atoms with Crippen LogP contribution < -0.4 is 16.0 Å². The van der Waals surface area contributed by atoms with E-state index in [1.54, 1.807) is 6.26 Å². The van der Waals surface area contributed by atoms with Gasteiger partial charge in [0.25, 0.3) is 0 Å². The van der Waals surface area contributed by atoms with E-state index in [1.165, 1.54) is 0 Å². The van der Waals surface area contributed by atoms with Gasteiger partial charge >= 0.3 is 0 Å². The number of benzene rings is 1. The zero-order valence-corrected chi connectivity index (χ0v) is 13.2. The largest absolute Gasteiger partial charge is 0.467 e. The molecule has 6 heteroatoms. The molecule has 0 saturated carbocycles. The average molecular weight is 317 g/mol. The first-order valence-corrected chi connectivity index (χ1v) is 7.51. The summed E-state index contributed by atoms with van der Waals surface area (Å²) in [5.74, 6) is 0.647. The molecule has 0 aliphatic heterocycles. The lowest BCUT2D eigenvalue weighted by atomic mass is 10.1. The Hall–Kier alpha value is -2.34. The van der Waals surface area contributed by atoms with Gasteiger partial charge in [0.2, 0.25) is 5.91 Å². The number of carbonyl (C=O) groups excluding carboxylic acids is 1. The number of rotatable bonds is 6. The minimum Gasteiger partial charge on any atom is -0.467 e. The Morgan fingerprint density at radius 3 is 2.73 bits per heavy atom. The topological polar surface area (TPSA) is 66.3 Å². The van der Waals surface area contributed by atoms with Gasteiger partial charge < -0.3 is 20.4 Å². The Morgan fingerprint density at radius 1 is 1.18 bits per heavy atom. The first kappa shape index (κ1) is 16.0. The van der Waals surface area contributed by atoms with Gasteiger partial charge in [-0.05, 0) is 42.4 Å². The number of hydrogen-bond acceptors (Lipinski definition) is 3. The zero-order valence-electron chi connectivity index (χ0n) is 12.4. The Kier molecular flexibility index (Phi) is 5.97. The highest BCUT2D eigenvalue weighted by Crippen LogP contribution is 2.14. The molecular weight excluding hydrogens is 298 g/mol. The van der Waals surface area contributed by atoms with E-state index in [1.807, 2.05) is 36.4 Å². The summed E-state index contributed by atoms with van der Waals surface area (Å²) in [6.45, 7) is 2.65. The molecule has 2 rings (SSSR count). The van der Waals surface area contributed by atoms with Gasteiger partial charge in [0, 0.05) is 5.69 Å². The van der Waals surface area contributed by atoms with Crippen LogP contribution in [0.4, 0.5) is 5.69 Å². The van der Waals surface area contributed by atoms with Crippen molar-refractivity contribution in [2.24, 2.45) is 0 Å². The van der Waals surface area contributed by atoms with Gasteiger partial charge in [-0.3, -0.25) is 4.79 Å². The Balaban J connectivity index is 1.74. The molecule has 0 saturated heterocycles. The van der Waals surface area contributed by atoms with Gasteiger partial charge in [0.1, 0.15) is 5.76 Å². The second-order valence-corrected chi connectivity index (χ2v) is 5.08. The normalized spacial score (nSPS) is 10.0. The SMILES string of the molecule is CCc1ccccc1NC(=O)CNC(=S)NCc1ccco1. The molecule has 22 heavy (non-hydrogen) atoms. The monoisotopic (exact) mass is 317 g/mol. The second-order valence-electron chi connectivity index (χ2n) is 4.67. The van der Waals surface area contributed by atoms with E-state index >= 15 is 0 Å². The van der Waals surface area contributed by atoms with Crippen molar-refractivity contribution in [1.29, 1.82) is 0 Å². The van der Waals surface area contributed by atoms with E-state index in [0.717, 1.165) is 23.4 Å². The quantitative estimate of drug-likeness (QED) is 0.714. The van der Waals surface area contributed by atoms with Crippen molar-refractivity contribution >= 4 is 28.9 Å². The Labute approximate surface area is 135 Å². The Morgan fingerprint density at radius 2 is 2.00 bits per heavy atom. The van der Waals surface area contributed by atoms with Crippen LogP contribution in [0.3, 0.4) is 0 Å². The highest BCUT2D eigenvalue weighted by atomic mass is 32.1. The molecule has 3 N–H and O–H groups in total.